The molecular weight excluding hydrogens is 1160 g/mol. The highest BCUT2D eigenvalue weighted by atomic mass is 33.1. The number of rotatable bonds is 9. The molecule has 88 heavy (non-hydrogen) atoms. The van der Waals surface area contributed by atoms with E-state index in [1.165, 1.54) is 27.2 Å². The number of aliphatic imine (C=N–C) groups is 1. The van der Waals surface area contributed by atoms with Gasteiger partial charge < -0.3 is 72.5 Å². The highest BCUT2D eigenvalue weighted by Gasteiger charge is 2.76. The van der Waals surface area contributed by atoms with E-state index in [1.54, 1.807) is 37.4 Å². The van der Waals surface area contributed by atoms with E-state index in [2.05, 4.69) is 40.1 Å². The Morgan fingerprint density at radius 3 is 2.40 bits per heavy atom. The minimum Gasteiger partial charge on any atom is -0.508 e. The van der Waals surface area contributed by atoms with Gasteiger partial charge in [-0.1, -0.05) is 71.1 Å². The van der Waals surface area contributed by atoms with Gasteiger partial charge in [0.2, 0.25) is 0 Å². The molecule has 3 heterocycles. The Bertz CT molecular complexity index is 3060. The monoisotopic (exact) mass is 1250 g/mol. The summed E-state index contributed by atoms with van der Waals surface area (Å²) in [5, 5.41) is 116. The summed E-state index contributed by atoms with van der Waals surface area (Å²) in [5.41, 5.74) is 8.80. The third-order valence-corrected chi connectivity index (χ3v) is 27.1. The van der Waals surface area contributed by atoms with E-state index in [4.69, 9.17) is 16.2 Å². The zero-order valence-corrected chi connectivity index (χ0v) is 52.4. The number of hydrogen-bond donors (Lipinski definition) is 13. The number of carbonyl (C=O) groups excluding carboxylic acids is 3. The lowest BCUT2D eigenvalue weighted by Gasteiger charge is -2.66. The molecule has 20 heteroatoms. The number of aliphatic hydroxyl groups excluding tert-OH is 5. The number of guanidine groups is 1. The molecule has 1 aromatic heterocycles. The Morgan fingerprint density at radius 1 is 0.920 bits per heavy atom. The number of Topliss-reactive ketones (excluding diaryl/α,β-unsaturated/α-hetero) is 2. The van der Waals surface area contributed by atoms with Crippen molar-refractivity contribution in [3.8, 4) is 17.6 Å². The number of cyclic esters (lactones) is 1. The van der Waals surface area contributed by atoms with Crippen molar-refractivity contribution in [1.29, 1.82) is 0 Å². The number of aromatic hydroxyl groups is 1. The summed E-state index contributed by atoms with van der Waals surface area (Å²) in [6.07, 6.45) is 7.27. The summed E-state index contributed by atoms with van der Waals surface area (Å²) in [7, 11) is 3.00. The zero-order valence-electron chi connectivity index (χ0n) is 50.8. The number of aliphatic hydroxyl groups is 8. The van der Waals surface area contributed by atoms with Gasteiger partial charge in [0.25, 0.3) is 0 Å². The average molecular weight is 1250 g/mol. The molecule has 2 bridgehead atoms. The third kappa shape index (κ3) is 11.0. The summed E-state index contributed by atoms with van der Waals surface area (Å²) in [6, 6.07) is 7.20. The Balaban J connectivity index is 1.06. The molecule has 15 N–H and O–H groups in total. The van der Waals surface area contributed by atoms with Gasteiger partial charge >= 0.3 is 5.97 Å². The van der Waals surface area contributed by atoms with Crippen LogP contribution in [0.3, 0.4) is 0 Å². The number of ketones is 2. The molecule has 0 amide bonds. The quantitative estimate of drug-likeness (QED) is 0.0272. The Labute approximate surface area is 524 Å². The summed E-state index contributed by atoms with van der Waals surface area (Å²) < 4.78 is 5.95. The molecule has 0 radical (unpaired) electrons. The van der Waals surface area contributed by atoms with Crippen LogP contribution < -0.4 is 16.8 Å². The van der Waals surface area contributed by atoms with Gasteiger partial charge in [0, 0.05) is 90.1 Å². The molecular formula is C68H93N5O13S2. The molecule has 10 aliphatic rings. The third-order valence-electron chi connectivity index (χ3n) is 24.5. The van der Waals surface area contributed by atoms with Crippen molar-refractivity contribution in [3.63, 3.8) is 0 Å². The number of nitrogens with zero attached hydrogens (tertiary/aromatic N) is 1. The van der Waals surface area contributed by atoms with Crippen molar-refractivity contribution in [2.24, 2.45) is 104 Å². The van der Waals surface area contributed by atoms with Crippen molar-refractivity contribution in [2.45, 2.75) is 177 Å². The van der Waals surface area contributed by atoms with E-state index >= 15 is 14.7 Å². The fourth-order valence-electron chi connectivity index (χ4n) is 20.7. The number of allylic oxidation sites excluding steroid dienone is 3. The summed E-state index contributed by atoms with van der Waals surface area (Å²) in [6.45, 7) is 3.20. The van der Waals surface area contributed by atoms with Gasteiger partial charge in [-0.25, -0.2) is 0 Å². The highest BCUT2D eigenvalue weighted by molar-refractivity contribution is 8.76. The van der Waals surface area contributed by atoms with Crippen molar-refractivity contribution < 1.29 is 65.1 Å². The van der Waals surface area contributed by atoms with E-state index in [1.807, 2.05) is 12.3 Å². The summed E-state index contributed by atoms with van der Waals surface area (Å²) in [4.78, 5) is 53.4. The SMILES string of the molecule is C[C@@H]1CCC2=CC[C@@H]3[C@@H](C[C@@H]([C@@H]4COC(=O)[C@H]4c4cc[nH]c4)C#CC[C@H]4C[C@@]5(O)C6=C7N[C@H](CO)C(=O)C[C@@H](c8ccc(O)cc8)CSSC[C@@H]8[C@@H](O)[C@@H](O)C[C@@](C9CCCC9)([C@@H]8C7=O)[C@H]6CC[C@]5(CCN=C(N)N)[C@H]4[C@@](C)(O)[C@H](O)C[C@H]3C(O)O)[C@H]2C1. The van der Waals surface area contributed by atoms with Gasteiger partial charge in [-0.15, -0.1) is 5.92 Å². The van der Waals surface area contributed by atoms with Gasteiger partial charge in [-0.2, -0.15) is 0 Å². The smallest absolute Gasteiger partial charge is 0.313 e. The molecule has 1 aromatic carbocycles. The van der Waals surface area contributed by atoms with E-state index in [9.17, 15) is 45.6 Å². The van der Waals surface area contributed by atoms with Crippen LogP contribution in [0, 0.1) is 99.6 Å². The standard InChI is InChI=1S/C68H93N5O13S2/c1-35-10-11-37-14-17-44-46(45(37)24-35)25-38(48-32-86-63(83)55(48)40-19-22-71-30-40)6-5-7-39-28-68(85)57-50(18-20-66(68,21-23-72-64(69)70)61(39)65(2,84)54(78)27-47(44)62(81)82)67(42-8-3-4-9-42)29-53(77)59(79)49-34-88-87-33-41(36-12-15-43(75)16-13-36)26-52(76)51(31-74)73-58(57)60(80)56(49)67/h12-16,19,22,30,35,38-39,41-42,44-51,53-56,59,61-62,71,73-75,77-79,81-82,84-85H,3-4,7-11,17-18,20-21,23-29,31-34H2,1-2H3,(H4,69,70,72)/t35-,38+,39+,41-,44-,45+,46-,47-,48+,49+,50+,51-,53+,54-,55+,56+,59-,61-,65+,66+,67+,68-/m1/s1. The first-order valence-corrected chi connectivity index (χ1v) is 35.2. The van der Waals surface area contributed by atoms with Crippen LogP contribution in [0.5, 0.6) is 5.75 Å². The fourth-order valence-corrected chi connectivity index (χ4v) is 23.5. The topological polar surface area (TPSA) is 335 Å². The lowest BCUT2D eigenvalue weighted by atomic mass is 9.40. The second-order valence-electron chi connectivity index (χ2n) is 28.8. The van der Waals surface area contributed by atoms with Gasteiger partial charge in [0.1, 0.15) is 11.8 Å². The van der Waals surface area contributed by atoms with E-state index in [0.29, 0.717) is 36.5 Å². The molecule has 2 aromatic rings. The number of esters is 1. The number of aromatic nitrogens is 1. The molecule has 480 valence electrons. The number of aromatic amines is 1. The van der Waals surface area contributed by atoms with Crippen LogP contribution in [0.2, 0.25) is 0 Å². The second-order valence-corrected chi connectivity index (χ2v) is 31.4. The number of fused-ring (bicyclic) bond motifs is 10. The van der Waals surface area contributed by atoms with Gasteiger partial charge in [-0.3, -0.25) is 19.4 Å². The number of nitrogens with two attached hydrogens (primary N) is 2. The van der Waals surface area contributed by atoms with Crippen LogP contribution >= 0.6 is 21.6 Å². The van der Waals surface area contributed by atoms with Crippen molar-refractivity contribution in [1.82, 2.24) is 10.3 Å². The number of nitrogens with one attached hydrogen (secondary N) is 2. The predicted molar refractivity (Wildman–Crippen MR) is 334 cm³/mol. The first-order valence-electron chi connectivity index (χ1n) is 32.7. The molecule has 0 unspecified atom stereocenters. The largest absolute Gasteiger partial charge is 0.508 e. The fraction of sp³-hybridized carbons (Fsp3) is 0.706. The number of carbonyl (C=O) groups is 3. The van der Waals surface area contributed by atoms with Crippen molar-refractivity contribution >= 4 is 45.1 Å². The van der Waals surface area contributed by atoms with Crippen LogP contribution in [-0.4, -0.2) is 148 Å². The number of hydrogen-bond acceptors (Lipinski definition) is 17. The van der Waals surface area contributed by atoms with Crippen molar-refractivity contribution in [2.75, 3.05) is 31.3 Å². The average Bonchev–Trinajstić information content (AvgIpc) is 0.791. The Kier molecular flexibility index (Phi) is 18.3. The first kappa shape index (κ1) is 63.7. The molecule has 8 aliphatic carbocycles. The first-order chi connectivity index (χ1) is 42.1. The molecule has 12 rings (SSSR count). The number of H-pyrrole nitrogens is 1. The molecule has 2 saturated heterocycles. The lowest BCUT2D eigenvalue weighted by molar-refractivity contribution is -0.207. The number of ether oxygens (including phenoxy) is 1. The maximum atomic E-state index is 16.7. The van der Waals surface area contributed by atoms with Crippen LogP contribution in [0.1, 0.15) is 146 Å². The van der Waals surface area contributed by atoms with Crippen LogP contribution in [0.15, 0.2) is 70.6 Å². The van der Waals surface area contributed by atoms with Gasteiger partial charge in [0.15, 0.2) is 23.8 Å². The van der Waals surface area contributed by atoms with Gasteiger partial charge in [-0.05, 0) is 172 Å². The molecule has 18 nitrogen and oxygen atoms in total. The lowest BCUT2D eigenvalue weighted by Crippen LogP contribution is -2.69. The number of phenols is 1. The Hall–Kier alpha value is -4.40. The number of benzene rings is 1. The minimum absolute atomic E-state index is 0.0192. The van der Waals surface area contributed by atoms with Crippen LogP contribution in [0.4, 0.5) is 0 Å². The predicted octanol–water partition coefficient (Wildman–Crippen LogP) is 5.70. The maximum Gasteiger partial charge on any atom is 0.313 e. The van der Waals surface area contributed by atoms with Gasteiger partial charge in [0.05, 0.1) is 54.3 Å². The van der Waals surface area contributed by atoms with Crippen LogP contribution in [0.25, 0.3) is 0 Å². The summed E-state index contributed by atoms with van der Waals surface area (Å²) >= 11 is 0. The maximum absolute atomic E-state index is 16.7. The highest BCUT2D eigenvalue weighted by Crippen LogP contribution is 2.75. The Morgan fingerprint density at radius 2 is 1.68 bits per heavy atom. The second kappa shape index (κ2) is 25.2. The molecule has 0 spiro atoms. The minimum atomic E-state index is -2.11. The molecule has 22 atom stereocenters. The van der Waals surface area contributed by atoms with E-state index in [-0.39, 0.29) is 123 Å². The molecule has 7 fully saturated rings. The molecule has 2 aliphatic heterocycles. The zero-order chi connectivity index (χ0) is 62.2. The van der Waals surface area contributed by atoms with E-state index in [0.717, 1.165) is 56.1 Å². The van der Waals surface area contributed by atoms with E-state index < -0.39 is 118 Å². The van der Waals surface area contributed by atoms with Crippen molar-refractivity contribution in [3.05, 3.63) is 76.8 Å². The number of phenolic OH excluding ortho intramolecular Hbond substituents is 1. The van der Waals surface area contributed by atoms with Crippen LogP contribution in [-0.2, 0) is 19.1 Å². The molecule has 5 saturated carbocycles. The normalized spacial score (nSPS) is 43.2. The summed E-state index contributed by atoms with van der Waals surface area (Å²) in [5.74, 6) is -0.193.